The molecule has 0 radical (unpaired) electrons. The van der Waals surface area contributed by atoms with Gasteiger partial charge in [-0.15, -0.1) is 0 Å². The lowest BCUT2D eigenvalue weighted by Crippen LogP contribution is -2.36. The minimum absolute atomic E-state index is 0.0195. The fourth-order valence-electron chi connectivity index (χ4n) is 3.19. The molecular formula is C18H18FN3O4S. The second kappa shape index (κ2) is 6.82. The molecule has 0 unspecified atom stereocenters. The number of anilines is 3. The van der Waals surface area contributed by atoms with Crippen LogP contribution in [0.5, 0.6) is 0 Å². The van der Waals surface area contributed by atoms with Gasteiger partial charge >= 0.3 is 0 Å². The first-order valence-electron chi connectivity index (χ1n) is 8.50. The van der Waals surface area contributed by atoms with E-state index in [1.165, 1.54) is 30.3 Å². The number of amides is 1. The first kappa shape index (κ1) is 17.7. The lowest BCUT2D eigenvalue weighted by atomic mass is 10.2. The number of hydrogen-bond donors (Lipinski definition) is 2. The van der Waals surface area contributed by atoms with Crippen molar-refractivity contribution in [2.45, 2.75) is 11.3 Å². The predicted molar refractivity (Wildman–Crippen MR) is 99.0 cm³/mol. The van der Waals surface area contributed by atoms with Crippen LogP contribution in [0.4, 0.5) is 21.5 Å². The summed E-state index contributed by atoms with van der Waals surface area (Å²) in [6.07, 6.45) is 0.125. The van der Waals surface area contributed by atoms with E-state index in [0.29, 0.717) is 37.6 Å². The van der Waals surface area contributed by atoms with Crippen LogP contribution in [0.2, 0.25) is 0 Å². The van der Waals surface area contributed by atoms with E-state index in [1.807, 2.05) is 4.90 Å². The SMILES string of the molecule is O=C1Cc2cc(S(=O)(=O)Nc3cc(N4CCOCC4)ccc3F)ccc2N1. The molecule has 2 N–H and O–H groups in total. The van der Waals surface area contributed by atoms with Crippen LogP contribution >= 0.6 is 0 Å². The number of benzene rings is 2. The Morgan fingerprint density at radius 2 is 1.89 bits per heavy atom. The van der Waals surface area contributed by atoms with Crippen LogP contribution in [0, 0.1) is 5.82 Å². The molecule has 0 atom stereocenters. The Labute approximate surface area is 156 Å². The van der Waals surface area contributed by atoms with E-state index in [4.69, 9.17) is 4.74 Å². The maximum absolute atomic E-state index is 14.2. The number of sulfonamides is 1. The molecule has 0 saturated carbocycles. The van der Waals surface area contributed by atoms with E-state index in [-0.39, 0.29) is 22.9 Å². The number of carbonyl (C=O) groups excluding carboxylic acids is 1. The van der Waals surface area contributed by atoms with Crippen molar-refractivity contribution in [2.75, 3.05) is 41.2 Å². The number of rotatable bonds is 4. The minimum atomic E-state index is -3.99. The molecule has 9 heteroatoms. The largest absolute Gasteiger partial charge is 0.378 e. The number of hydrogen-bond acceptors (Lipinski definition) is 5. The van der Waals surface area contributed by atoms with Gasteiger partial charge in [0.15, 0.2) is 0 Å². The zero-order chi connectivity index (χ0) is 19.0. The molecule has 7 nitrogen and oxygen atoms in total. The number of fused-ring (bicyclic) bond motifs is 1. The highest BCUT2D eigenvalue weighted by atomic mass is 32.2. The third-order valence-corrected chi connectivity index (χ3v) is 5.95. The average Bonchev–Trinajstić information content (AvgIpc) is 3.03. The molecule has 27 heavy (non-hydrogen) atoms. The van der Waals surface area contributed by atoms with Crippen molar-refractivity contribution < 1.29 is 22.3 Å². The summed E-state index contributed by atoms with van der Waals surface area (Å²) in [6, 6.07) is 8.70. The Balaban J connectivity index is 1.61. The molecule has 1 saturated heterocycles. The van der Waals surface area contributed by atoms with Crippen LogP contribution < -0.4 is 14.9 Å². The van der Waals surface area contributed by atoms with Gasteiger partial charge in [0.2, 0.25) is 5.91 Å². The highest BCUT2D eigenvalue weighted by Crippen LogP contribution is 2.29. The molecule has 0 spiro atoms. The highest BCUT2D eigenvalue weighted by molar-refractivity contribution is 7.92. The number of carbonyl (C=O) groups is 1. The zero-order valence-corrected chi connectivity index (χ0v) is 15.2. The highest BCUT2D eigenvalue weighted by Gasteiger charge is 2.23. The molecule has 2 aromatic carbocycles. The second-order valence-corrected chi connectivity index (χ2v) is 8.10. The second-order valence-electron chi connectivity index (χ2n) is 6.41. The van der Waals surface area contributed by atoms with Crippen LogP contribution in [0.25, 0.3) is 0 Å². The van der Waals surface area contributed by atoms with E-state index >= 15 is 0 Å². The van der Waals surface area contributed by atoms with Crippen molar-refractivity contribution >= 4 is 33.0 Å². The smallest absolute Gasteiger partial charge is 0.261 e. The fraction of sp³-hybridized carbons (Fsp3) is 0.278. The summed E-state index contributed by atoms with van der Waals surface area (Å²) in [6.45, 7) is 2.45. The number of ether oxygens (including phenoxy) is 1. The number of halogens is 1. The lowest BCUT2D eigenvalue weighted by molar-refractivity contribution is -0.115. The van der Waals surface area contributed by atoms with Crippen molar-refractivity contribution in [3.05, 3.63) is 47.8 Å². The Kier molecular flexibility index (Phi) is 4.48. The molecule has 0 aliphatic carbocycles. The van der Waals surface area contributed by atoms with Crippen molar-refractivity contribution in [3.63, 3.8) is 0 Å². The van der Waals surface area contributed by atoms with Crippen LogP contribution in [0.3, 0.4) is 0 Å². The van der Waals surface area contributed by atoms with Crippen molar-refractivity contribution in [3.8, 4) is 0 Å². The van der Waals surface area contributed by atoms with Gasteiger partial charge < -0.3 is 15.0 Å². The Bertz CT molecular complexity index is 1000. The summed E-state index contributed by atoms with van der Waals surface area (Å²) in [7, 11) is -3.99. The summed E-state index contributed by atoms with van der Waals surface area (Å²) in [5.74, 6) is -0.842. The molecule has 2 aromatic rings. The van der Waals surface area contributed by atoms with E-state index in [9.17, 15) is 17.6 Å². The minimum Gasteiger partial charge on any atom is -0.378 e. The lowest BCUT2D eigenvalue weighted by Gasteiger charge is -2.29. The normalized spacial score (nSPS) is 16.8. The molecule has 1 fully saturated rings. The summed E-state index contributed by atoms with van der Waals surface area (Å²) in [5.41, 5.74) is 1.81. The molecule has 0 aromatic heterocycles. The van der Waals surface area contributed by atoms with Gasteiger partial charge in [0.1, 0.15) is 5.82 Å². The van der Waals surface area contributed by atoms with E-state index < -0.39 is 15.8 Å². The van der Waals surface area contributed by atoms with Crippen molar-refractivity contribution in [1.82, 2.24) is 0 Å². The third-order valence-electron chi connectivity index (χ3n) is 4.58. The number of morpholine rings is 1. The Morgan fingerprint density at radius 1 is 1.11 bits per heavy atom. The summed E-state index contributed by atoms with van der Waals surface area (Å²) < 4.78 is 47.3. The van der Waals surface area contributed by atoms with Crippen LogP contribution in [0.15, 0.2) is 41.3 Å². The topological polar surface area (TPSA) is 87.7 Å². The van der Waals surface area contributed by atoms with Gasteiger partial charge in [-0.25, -0.2) is 12.8 Å². The van der Waals surface area contributed by atoms with Crippen LogP contribution in [0.1, 0.15) is 5.56 Å². The van der Waals surface area contributed by atoms with Gasteiger partial charge in [-0.1, -0.05) is 0 Å². The maximum atomic E-state index is 14.2. The molecule has 2 heterocycles. The van der Waals surface area contributed by atoms with Crippen LogP contribution in [-0.4, -0.2) is 40.6 Å². The summed E-state index contributed by atoms with van der Waals surface area (Å²) in [5, 5.41) is 2.65. The van der Waals surface area contributed by atoms with Gasteiger partial charge in [0.05, 0.1) is 30.2 Å². The molecule has 2 aliphatic heterocycles. The van der Waals surface area contributed by atoms with Gasteiger partial charge in [-0.2, -0.15) is 0 Å². The molecule has 2 aliphatic rings. The Morgan fingerprint density at radius 3 is 2.67 bits per heavy atom. The molecule has 4 rings (SSSR count). The molecular weight excluding hydrogens is 373 g/mol. The third kappa shape index (κ3) is 3.60. The van der Waals surface area contributed by atoms with E-state index in [0.717, 1.165) is 5.69 Å². The number of nitrogens with one attached hydrogen (secondary N) is 2. The van der Waals surface area contributed by atoms with Gasteiger partial charge in [-0.05, 0) is 42.0 Å². The quantitative estimate of drug-likeness (QED) is 0.832. The first-order valence-corrected chi connectivity index (χ1v) is 9.98. The molecule has 1 amide bonds. The van der Waals surface area contributed by atoms with Crippen molar-refractivity contribution in [1.29, 1.82) is 0 Å². The molecule has 142 valence electrons. The number of nitrogens with zero attached hydrogens (tertiary/aromatic N) is 1. The summed E-state index contributed by atoms with van der Waals surface area (Å²) in [4.78, 5) is 13.4. The zero-order valence-electron chi connectivity index (χ0n) is 14.4. The van der Waals surface area contributed by atoms with Gasteiger partial charge in [0, 0.05) is 24.5 Å². The standard InChI is InChI=1S/C18H18FN3O4S/c19-15-3-1-13(22-5-7-26-8-6-22)11-17(15)21-27(24,25)14-2-4-16-12(9-14)10-18(23)20-16/h1-4,9,11,21H,5-8,10H2,(H,20,23). The van der Waals surface area contributed by atoms with E-state index in [1.54, 1.807) is 6.07 Å². The average molecular weight is 391 g/mol. The fourth-order valence-corrected chi connectivity index (χ4v) is 4.29. The Hall–Kier alpha value is -2.65. The summed E-state index contributed by atoms with van der Waals surface area (Å²) >= 11 is 0. The van der Waals surface area contributed by atoms with Crippen molar-refractivity contribution in [2.24, 2.45) is 0 Å². The maximum Gasteiger partial charge on any atom is 0.261 e. The van der Waals surface area contributed by atoms with E-state index in [2.05, 4.69) is 10.0 Å². The monoisotopic (exact) mass is 391 g/mol. The van der Waals surface area contributed by atoms with Gasteiger partial charge in [-0.3, -0.25) is 9.52 Å². The molecule has 0 bridgehead atoms. The van der Waals surface area contributed by atoms with Crippen LogP contribution in [-0.2, 0) is 26.0 Å². The predicted octanol–water partition coefficient (Wildman–Crippen LogP) is 1.96. The van der Waals surface area contributed by atoms with Gasteiger partial charge in [0.25, 0.3) is 10.0 Å². The first-order chi connectivity index (χ1) is 12.9.